The van der Waals surface area contributed by atoms with Crippen molar-refractivity contribution in [1.29, 1.82) is 0 Å². The van der Waals surface area contributed by atoms with Gasteiger partial charge in [-0.05, 0) is 61.6 Å². The number of nitrogens with one attached hydrogen (secondary N) is 1. The molecule has 1 aliphatic heterocycles. The van der Waals surface area contributed by atoms with Crippen molar-refractivity contribution in [3.8, 4) is 5.75 Å². The Morgan fingerprint density at radius 3 is 2.75 bits per heavy atom. The Balaban J connectivity index is 1.44. The predicted octanol–water partition coefficient (Wildman–Crippen LogP) is 3.76. The molecule has 0 aliphatic carbocycles. The topological polar surface area (TPSA) is 73.9 Å². The van der Waals surface area contributed by atoms with Crippen molar-refractivity contribution in [2.75, 3.05) is 31.4 Å². The van der Waals surface area contributed by atoms with Crippen LogP contribution in [-0.4, -0.2) is 44.1 Å². The smallest absolute Gasteiger partial charge is 0.338 e. The first kappa shape index (κ1) is 20.2. The second-order valence-corrected chi connectivity index (χ2v) is 7.21. The number of hydrogen-bond donors (Lipinski definition) is 1. The molecule has 0 aromatic heterocycles. The maximum absolute atomic E-state index is 12.1. The fraction of sp³-hybridized carbons (Fsp3) is 0.333. The van der Waals surface area contributed by atoms with Crippen molar-refractivity contribution in [3.63, 3.8) is 0 Å². The van der Waals surface area contributed by atoms with Gasteiger partial charge < -0.3 is 19.5 Å². The fourth-order valence-corrected chi connectivity index (χ4v) is 3.22. The first-order valence-corrected chi connectivity index (χ1v) is 10.3. The van der Waals surface area contributed by atoms with Gasteiger partial charge in [0.1, 0.15) is 12.4 Å². The van der Waals surface area contributed by atoms with E-state index in [0.29, 0.717) is 23.6 Å². The van der Waals surface area contributed by atoms with E-state index < -0.39 is 5.97 Å². The van der Waals surface area contributed by atoms with Crippen molar-refractivity contribution in [2.24, 2.45) is 0 Å². The summed E-state index contributed by atoms with van der Waals surface area (Å²) in [4.78, 5) is 25.1. The largest absolute Gasteiger partial charge is 0.491 e. The summed E-state index contributed by atoms with van der Waals surface area (Å²) in [6.45, 7) is 0.941. The summed E-state index contributed by atoms with van der Waals surface area (Å²) in [6.07, 6.45) is 4.17. The molecule has 1 unspecified atom stereocenters. The molecular weight excluding hydrogens is 378 g/mol. The molecule has 7 heteroatoms. The highest BCUT2D eigenvalue weighted by molar-refractivity contribution is 7.98. The summed E-state index contributed by atoms with van der Waals surface area (Å²) in [5, 5.41) is 2.71. The number of esters is 1. The van der Waals surface area contributed by atoms with E-state index in [0.717, 1.165) is 24.3 Å². The van der Waals surface area contributed by atoms with Gasteiger partial charge in [0, 0.05) is 17.2 Å². The Hall–Kier alpha value is -2.51. The Bertz CT molecular complexity index is 803. The van der Waals surface area contributed by atoms with Crippen molar-refractivity contribution in [3.05, 3.63) is 54.1 Å². The third-order valence-electron chi connectivity index (χ3n) is 4.24. The zero-order valence-corrected chi connectivity index (χ0v) is 16.5. The van der Waals surface area contributed by atoms with E-state index in [1.54, 1.807) is 42.1 Å². The maximum atomic E-state index is 12.1. The molecule has 0 radical (unpaired) electrons. The quantitative estimate of drug-likeness (QED) is 0.536. The number of anilines is 1. The van der Waals surface area contributed by atoms with Gasteiger partial charge in [-0.2, -0.15) is 0 Å². The van der Waals surface area contributed by atoms with Crippen molar-refractivity contribution in [2.45, 2.75) is 23.8 Å². The van der Waals surface area contributed by atoms with E-state index >= 15 is 0 Å². The lowest BCUT2D eigenvalue weighted by Gasteiger charge is -2.11. The summed E-state index contributed by atoms with van der Waals surface area (Å²) in [7, 11) is 0. The first-order valence-electron chi connectivity index (χ1n) is 9.09. The number of rotatable bonds is 8. The van der Waals surface area contributed by atoms with E-state index in [1.807, 2.05) is 24.5 Å². The van der Waals surface area contributed by atoms with E-state index in [2.05, 4.69) is 5.32 Å². The highest BCUT2D eigenvalue weighted by atomic mass is 32.2. The Morgan fingerprint density at radius 2 is 2.04 bits per heavy atom. The van der Waals surface area contributed by atoms with E-state index in [1.165, 1.54) is 0 Å². The molecule has 1 fully saturated rings. The van der Waals surface area contributed by atoms with Gasteiger partial charge in [0.25, 0.3) is 5.91 Å². The normalized spacial score (nSPS) is 15.8. The van der Waals surface area contributed by atoms with Crippen LogP contribution in [0.3, 0.4) is 0 Å². The van der Waals surface area contributed by atoms with Crippen LogP contribution in [0.25, 0.3) is 0 Å². The maximum Gasteiger partial charge on any atom is 0.338 e. The molecule has 0 spiro atoms. The fourth-order valence-electron chi connectivity index (χ4n) is 2.76. The standard InChI is InChI=1S/C21H23NO5S/c1-28-19-6-2-4-16(12-19)22-20(23)14-27-21(24)15-7-9-17(10-8-15)26-13-18-5-3-11-25-18/h2,4,6-10,12,18H,3,5,11,13-14H2,1H3,(H,22,23). The lowest BCUT2D eigenvalue weighted by molar-refractivity contribution is -0.119. The average Bonchev–Trinajstić information content (AvgIpc) is 3.24. The van der Waals surface area contributed by atoms with Crippen LogP contribution in [0.5, 0.6) is 5.75 Å². The van der Waals surface area contributed by atoms with E-state index in [4.69, 9.17) is 14.2 Å². The van der Waals surface area contributed by atoms with Crippen LogP contribution in [0.1, 0.15) is 23.2 Å². The summed E-state index contributed by atoms with van der Waals surface area (Å²) in [5.41, 5.74) is 1.03. The minimum absolute atomic E-state index is 0.139. The molecule has 1 heterocycles. The van der Waals surface area contributed by atoms with Crippen molar-refractivity contribution in [1.82, 2.24) is 0 Å². The SMILES string of the molecule is CSc1cccc(NC(=O)COC(=O)c2ccc(OCC3CCCO3)cc2)c1. The summed E-state index contributed by atoms with van der Waals surface area (Å²) < 4.78 is 16.3. The van der Waals surface area contributed by atoms with Gasteiger partial charge in [-0.25, -0.2) is 4.79 Å². The molecule has 3 rings (SSSR count). The van der Waals surface area contributed by atoms with Crippen LogP contribution < -0.4 is 10.1 Å². The van der Waals surface area contributed by atoms with Gasteiger partial charge in [0.05, 0.1) is 11.7 Å². The van der Waals surface area contributed by atoms with E-state index in [9.17, 15) is 9.59 Å². The molecular formula is C21H23NO5S. The number of carbonyl (C=O) groups excluding carboxylic acids is 2. The molecule has 1 aliphatic rings. The molecule has 1 saturated heterocycles. The van der Waals surface area contributed by atoms with Gasteiger partial charge in [-0.3, -0.25) is 4.79 Å². The van der Waals surface area contributed by atoms with Crippen LogP contribution in [0.2, 0.25) is 0 Å². The van der Waals surface area contributed by atoms with Gasteiger partial charge >= 0.3 is 5.97 Å². The minimum Gasteiger partial charge on any atom is -0.491 e. The molecule has 1 amide bonds. The number of carbonyl (C=O) groups is 2. The third kappa shape index (κ3) is 6.00. The Morgan fingerprint density at radius 1 is 1.21 bits per heavy atom. The Kier molecular flexibility index (Phi) is 7.33. The van der Waals surface area contributed by atoms with Crippen LogP contribution in [0, 0.1) is 0 Å². The predicted molar refractivity (Wildman–Crippen MR) is 108 cm³/mol. The van der Waals surface area contributed by atoms with Crippen molar-refractivity contribution < 1.29 is 23.8 Å². The zero-order valence-electron chi connectivity index (χ0n) is 15.7. The lowest BCUT2D eigenvalue weighted by atomic mass is 10.2. The number of amides is 1. The van der Waals surface area contributed by atoms with Gasteiger partial charge in [-0.1, -0.05) is 6.07 Å². The summed E-state index contributed by atoms with van der Waals surface area (Å²) in [6, 6.07) is 14.1. The van der Waals surface area contributed by atoms with Crippen molar-refractivity contribution >= 4 is 29.3 Å². The molecule has 2 aromatic rings. The molecule has 0 bridgehead atoms. The Labute approximate surface area is 168 Å². The van der Waals surface area contributed by atoms with Crippen LogP contribution in [0.15, 0.2) is 53.4 Å². The molecule has 1 atom stereocenters. The second kappa shape index (κ2) is 10.1. The lowest BCUT2D eigenvalue weighted by Crippen LogP contribution is -2.21. The van der Waals surface area contributed by atoms with E-state index in [-0.39, 0.29) is 18.6 Å². The van der Waals surface area contributed by atoms with Crippen LogP contribution >= 0.6 is 11.8 Å². The molecule has 148 valence electrons. The number of hydrogen-bond acceptors (Lipinski definition) is 6. The number of ether oxygens (including phenoxy) is 3. The molecule has 1 N–H and O–H groups in total. The van der Waals surface area contributed by atoms with Gasteiger partial charge in [-0.15, -0.1) is 11.8 Å². The van der Waals surface area contributed by atoms with Crippen LogP contribution in [-0.2, 0) is 14.3 Å². The van der Waals surface area contributed by atoms with Crippen LogP contribution in [0.4, 0.5) is 5.69 Å². The average molecular weight is 401 g/mol. The molecule has 0 saturated carbocycles. The monoisotopic (exact) mass is 401 g/mol. The zero-order chi connectivity index (χ0) is 19.8. The first-order chi connectivity index (χ1) is 13.6. The molecule has 6 nitrogen and oxygen atoms in total. The summed E-state index contributed by atoms with van der Waals surface area (Å²) in [5.74, 6) is -0.278. The van der Waals surface area contributed by atoms with Gasteiger partial charge in [0.2, 0.25) is 0 Å². The number of thioether (sulfide) groups is 1. The third-order valence-corrected chi connectivity index (χ3v) is 4.96. The highest BCUT2D eigenvalue weighted by Gasteiger charge is 2.16. The molecule has 28 heavy (non-hydrogen) atoms. The highest BCUT2D eigenvalue weighted by Crippen LogP contribution is 2.19. The van der Waals surface area contributed by atoms with Gasteiger partial charge in [0.15, 0.2) is 6.61 Å². The number of benzene rings is 2. The summed E-state index contributed by atoms with van der Waals surface area (Å²) >= 11 is 1.58. The second-order valence-electron chi connectivity index (χ2n) is 6.33. The minimum atomic E-state index is -0.557. The molecule has 2 aromatic carbocycles.